The molecule has 0 saturated heterocycles. The van der Waals surface area contributed by atoms with Crippen LogP contribution in [0.5, 0.6) is 0 Å². The van der Waals surface area contributed by atoms with Crippen molar-refractivity contribution in [3.05, 3.63) is 24.3 Å². The van der Waals surface area contributed by atoms with E-state index in [1.807, 2.05) is 34.6 Å². The van der Waals surface area contributed by atoms with Crippen LogP contribution >= 0.6 is 0 Å². The molecule has 1 aromatic carbocycles. The number of nitrogens with one attached hydrogen (secondary N) is 2. The van der Waals surface area contributed by atoms with Crippen LogP contribution in [0.1, 0.15) is 41.0 Å². The fourth-order valence-corrected chi connectivity index (χ4v) is 3.17. The summed E-state index contributed by atoms with van der Waals surface area (Å²) in [6, 6.07) is 5.25. The molecule has 1 aromatic rings. The average molecular weight is 355 g/mol. The molecule has 7 nitrogen and oxygen atoms in total. The molecule has 0 spiro atoms. The van der Waals surface area contributed by atoms with Crippen LogP contribution in [-0.2, 0) is 19.6 Å². The monoisotopic (exact) mass is 355 g/mol. The highest BCUT2D eigenvalue weighted by atomic mass is 32.2. The van der Waals surface area contributed by atoms with Crippen molar-refractivity contribution >= 4 is 27.5 Å². The van der Waals surface area contributed by atoms with E-state index in [-0.39, 0.29) is 10.3 Å². The van der Waals surface area contributed by atoms with E-state index in [9.17, 15) is 18.0 Å². The number of amides is 2. The second-order valence-electron chi connectivity index (χ2n) is 7.60. The molecule has 8 heteroatoms. The Bertz CT molecular complexity index is 717. The van der Waals surface area contributed by atoms with Gasteiger partial charge < -0.3 is 10.6 Å². The number of anilines is 1. The molecule has 1 rings (SSSR count). The summed E-state index contributed by atoms with van der Waals surface area (Å²) in [5.74, 6) is -1.57. The van der Waals surface area contributed by atoms with Crippen molar-refractivity contribution in [2.45, 2.75) is 51.5 Å². The third kappa shape index (κ3) is 6.67. The van der Waals surface area contributed by atoms with Crippen LogP contribution in [0.25, 0.3) is 0 Å². The molecule has 0 aliphatic heterocycles. The number of benzene rings is 1. The van der Waals surface area contributed by atoms with Gasteiger partial charge in [-0.1, -0.05) is 20.8 Å². The zero-order chi connectivity index (χ0) is 18.8. The van der Waals surface area contributed by atoms with Crippen LogP contribution in [0.4, 0.5) is 5.69 Å². The summed E-state index contributed by atoms with van der Waals surface area (Å²) in [5.41, 5.74) is -0.239. The Morgan fingerprint density at radius 2 is 1.50 bits per heavy atom. The molecule has 0 aliphatic carbocycles. The van der Waals surface area contributed by atoms with E-state index in [4.69, 9.17) is 5.14 Å². The first kappa shape index (κ1) is 20.1. The van der Waals surface area contributed by atoms with Gasteiger partial charge in [0, 0.05) is 11.2 Å². The quantitative estimate of drug-likeness (QED) is 0.711. The van der Waals surface area contributed by atoms with Crippen molar-refractivity contribution in [3.8, 4) is 0 Å². The molecule has 0 bridgehead atoms. The summed E-state index contributed by atoms with van der Waals surface area (Å²) in [4.78, 5) is 23.9. The fraction of sp³-hybridized carbons (Fsp3) is 0.500. The predicted octanol–water partition coefficient (Wildman–Crippen LogP) is 1.60. The van der Waals surface area contributed by atoms with Gasteiger partial charge >= 0.3 is 11.8 Å². The normalized spacial score (nSPS) is 12.6. The molecule has 0 atom stereocenters. The van der Waals surface area contributed by atoms with Crippen molar-refractivity contribution in [1.29, 1.82) is 0 Å². The van der Waals surface area contributed by atoms with Crippen LogP contribution in [0.3, 0.4) is 0 Å². The topological polar surface area (TPSA) is 118 Å². The minimum absolute atomic E-state index is 0.00317. The maximum Gasteiger partial charge on any atom is 0.313 e. The van der Waals surface area contributed by atoms with E-state index in [1.165, 1.54) is 24.3 Å². The summed E-state index contributed by atoms with van der Waals surface area (Å²) in [6.45, 7) is 9.85. The lowest BCUT2D eigenvalue weighted by Gasteiger charge is -2.33. The maximum absolute atomic E-state index is 12.0. The summed E-state index contributed by atoms with van der Waals surface area (Å²) in [5, 5.41) is 10.1. The van der Waals surface area contributed by atoms with Gasteiger partial charge in [0.05, 0.1) is 4.90 Å². The van der Waals surface area contributed by atoms with Gasteiger partial charge in [-0.05, 0) is 49.9 Å². The van der Waals surface area contributed by atoms with Gasteiger partial charge in [-0.3, -0.25) is 9.59 Å². The summed E-state index contributed by atoms with van der Waals surface area (Å²) in [7, 11) is -3.80. The number of primary sulfonamides is 1. The van der Waals surface area contributed by atoms with Gasteiger partial charge in [0.1, 0.15) is 0 Å². The van der Waals surface area contributed by atoms with Crippen LogP contribution in [0.15, 0.2) is 29.2 Å². The molecule has 2 amide bonds. The van der Waals surface area contributed by atoms with Gasteiger partial charge in [-0.15, -0.1) is 0 Å². The molecule has 4 N–H and O–H groups in total. The van der Waals surface area contributed by atoms with Crippen molar-refractivity contribution in [3.63, 3.8) is 0 Å². The first-order valence-electron chi connectivity index (χ1n) is 7.46. The molecule has 0 heterocycles. The van der Waals surface area contributed by atoms with Crippen LogP contribution in [0, 0.1) is 5.41 Å². The van der Waals surface area contributed by atoms with Gasteiger partial charge in [0.2, 0.25) is 10.0 Å². The second-order valence-corrected chi connectivity index (χ2v) is 9.16. The lowest BCUT2D eigenvalue weighted by atomic mass is 9.82. The predicted molar refractivity (Wildman–Crippen MR) is 92.7 cm³/mol. The van der Waals surface area contributed by atoms with Gasteiger partial charge in [0.15, 0.2) is 0 Å². The molecular formula is C16H25N3O4S. The second kappa shape index (κ2) is 6.90. The number of sulfonamides is 1. The number of hydrogen-bond acceptors (Lipinski definition) is 4. The van der Waals surface area contributed by atoms with Crippen molar-refractivity contribution in [2.75, 3.05) is 5.32 Å². The highest BCUT2D eigenvalue weighted by molar-refractivity contribution is 7.89. The molecule has 24 heavy (non-hydrogen) atoms. The largest absolute Gasteiger partial charge is 0.343 e. The summed E-state index contributed by atoms with van der Waals surface area (Å²) >= 11 is 0. The van der Waals surface area contributed by atoms with Gasteiger partial charge in [-0.2, -0.15) is 0 Å². The third-order valence-corrected chi connectivity index (χ3v) is 4.00. The zero-order valence-corrected chi connectivity index (χ0v) is 15.5. The zero-order valence-electron chi connectivity index (χ0n) is 14.6. The fourth-order valence-electron chi connectivity index (χ4n) is 2.65. The van der Waals surface area contributed by atoms with E-state index < -0.39 is 27.4 Å². The summed E-state index contributed by atoms with van der Waals surface area (Å²) in [6.07, 6.45) is 0.697. The highest BCUT2D eigenvalue weighted by Gasteiger charge is 2.29. The molecule has 0 radical (unpaired) electrons. The Labute approximate surface area is 143 Å². The summed E-state index contributed by atoms with van der Waals surface area (Å²) < 4.78 is 22.3. The Kier molecular flexibility index (Phi) is 5.78. The first-order chi connectivity index (χ1) is 10.7. The van der Waals surface area contributed by atoms with E-state index in [1.54, 1.807) is 0 Å². The molecular weight excluding hydrogens is 330 g/mol. The van der Waals surface area contributed by atoms with Crippen molar-refractivity contribution in [1.82, 2.24) is 5.32 Å². The number of carbonyl (C=O) groups excluding carboxylic acids is 2. The smallest absolute Gasteiger partial charge is 0.313 e. The Hall–Kier alpha value is -1.93. The Morgan fingerprint density at radius 3 is 1.92 bits per heavy atom. The molecule has 0 aromatic heterocycles. The number of carbonyl (C=O) groups is 2. The van der Waals surface area contributed by atoms with E-state index >= 15 is 0 Å². The van der Waals surface area contributed by atoms with Crippen LogP contribution in [0.2, 0.25) is 0 Å². The standard InChI is InChI=1S/C16H25N3O4S/c1-15(2,3)10-16(4,5)19-14(21)13(20)18-11-6-8-12(9-7-11)24(17,22)23/h6-9H,10H2,1-5H3,(H,18,20)(H,19,21)(H2,17,22,23). The van der Waals surface area contributed by atoms with E-state index in [0.717, 1.165) is 0 Å². The molecule has 0 unspecified atom stereocenters. The van der Waals surface area contributed by atoms with Gasteiger partial charge in [-0.25, -0.2) is 13.6 Å². The number of rotatable bonds is 4. The lowest BCUT2D eigenvalue weighted by Crippen LogP contribution is -2.49. The third-order valence-electron chi connectivity index (χ3n) is 3.07. The minimum Gasteiger partial charge on any atom is -0.343 e. The Morgan fingerprint density at radius 1 is 1.00 bits per heavy atom. The average Bonchev–Trinajstić information content (AvgIpc) is 2.34. The maximum atomic E-state index is 12.0. The van der Waals surface area contributed by atoms with Crippen molar-refractivity contribution < 1.29 is 18.0 Å². The van der Waals surface area contributed by atoms with E-state index in [0.29, 0.717) is 12.1 Å². The first-order valence-corrected chi connectivity index (χ1v) is 9.01. The number of hydrogen-bond donors (Lipinski definition) is 3. The lowest BCUT2D eigenvalue weighted by molar-refractivity contribution is -0.137. The van der Waals surface area contributed by atoms with Crippen LogP contribution < -0.4 is 15.8 Å². The van der Waals surface area contributed by atoms with Crippen molar-refractivity contribution in [2.24, 2.45) is 10.6 Å². The molecule has 0 fully saturated rings. The number of nitrogens with two attached hydrogens (primary N) is 1. The highest BCUT2D eigenvalue weighted by Crippen LogP contribution is 2.26. The Balaban J connectivity index is 2.72. The molecule has 0 saturated carbocycles. The molecule has 134 valence electrons. The van der Waals surface area contributed by atoms with Crippen LogP contribution in [-0.4, -0.2) is 25.8 Å². The van der Waals surface area contributed by atoms with Gasteiger partial charge in [0.25, 0.3) is 0 Å². The molecule has 0 aliphatic rings. The SMILES string of the molecule is CC(C)(C)CC(C)(C)NC(=O)C(=O)Nc1ccc(S(N)(=O)=O)cc1. The minimum atomic E-state index is -3.80. The van der Waals surface area contributed by atoms with E-state index in [2.05, 4.69) is 10.6 Å².